The van der Waals surface area contributed by atoms with Crippen molar-refractivity contribution >= 4 is 17.3 Å². The summed E-state index contributed by atoms with van der Waals surface area (Å²) in [5.74, 6) is 0.124. The Morgan fingerprint density at radius 3 is 2.61 bits per heavy atom. The van der Waals surface area contributed by atoms with Gasteiger partial charge >= 0.3 is 0 Å². The van der Waals surface area contributed by atoms with Crippen LogP contribution in [0.1, 0.15) is 11.1 Å². The van der Waals surface area contributed by atoms with Crippen molar-refractivity contribution in [2.45, 2.75) is 13.5 Å². The van der Waals surface area contributed by atoms with Gasteiger partial charge in [-0.2, -0.15) is 0 Å². The van der Waals surface area contributed by atoms with Crippen molar-refractivity contribution in [1.82, 2.24) is 0 Å². The van der Waals surface area contributed by atoms with E-state index >= 15 is 0 Å². The minimum atomic E-state index is 0.124. The monoisotopic (exact) mass is 261 g/mol. The maximum absolute atomic E-state index is 9.39. The Labute approximate surface area is 112 Å². The van der Waals surface area contributed by atoms with Crippen molar-refractivity contribution in [3.63, 3.8) is 0 Å². The van der Waals surface area contributed by atoms with E-state index in [0.29, 0.717) is 5.02 Å². The fourth-order valence-corrected chi connectivity index (χ4v) is 2.08. The van der Waals surface area contributed by atoms with Crippen LogP contribution >= 0.6 is 11.6 Å². The van der Waals surface area contributed by atoms with Gasteiger partial charge in [-0.15, -0.1) is 0 Å². The fraction of sp³-hybridized carbons (Fsp3) is 0.200. The number of rotatable bonds is 3. The second-order valence-corrected chi connectivity index (χ2v) is 4.89. The molecule has 2 nitrogen and oxygen atoms in total. The molecule has 2 rings (SSSR count). The van der Waals surface area contributed by atoms with Gasteiger partial charge in [0.2, 0.25) is 0 Å². The Balaban J connectivity index is 2.16. The van der Waals surface area contributed by atoms with Gasteiger partial charge in [0.15, 0.2) is 0 Å². The van der Waals surface area contributed by atoms with Crippen LogP contribution in [0.3, 0.4) is 0 Å². The molecule has 3 heteroatoms. The highest BCUT2D eigenvalue weighted by Crippen LogP contribution is 2.25. The molecular formula is C15H16ClNO. The third kappa shape index (κ3) is 2.96. The van der Waals surface area contributed by atoms with E-state index in [9.17, 15) is 5.11 Å². The first-order chi connectivity index (χ1) is 8.56. The normalized spacial score (nSPS) is 10.4. The number of aryl methyl sites for hydroxylation is 1. The number of anilines is 1. The molecular weight excluding hydrogens is 246 g/mol. The number of benzene rings is 2. The number of phenols is 1. The smallest absolute Gasteiger partial charge is 0.134 e. The van der Waals surface area contributed by atoms with Crippen molar-refractivity contribution in [1.29, 1.82) is 0 Å². The number of hydrogen-bond acceptors (Lipinski definition) is 2. The average Bonchev–Trinajstić information content (AvgIpc) is 2.34. The lowest BCUT2D eigenvalue weighted by Gasteiger charge is -2.20. The van der Waals surface area contributed by atoms with Gasteiger partial charge in [-0.25, -0.2) is 0 Å². The van der Waals surface area contributed by atoms with E-state index in [1.165, 1.54) is 11.3 Å². The lowest BCUT2D eigenvalue weighted by molar-refractivity contribution is 0.475. The highest BCUT2D eigenvalue weighted by molar-refractivity contribution is 6.32. The van der Waals surface area contributed by atoms with Crippen molar-refractivity contribution in [3.8, 4) is 5.75 Å². The molecule has 0 aromatic heterocycles. The van der Waals surface area contributed by atoms with Crippen molar-refractivity contribution in [2.24, 2.45) is 0 Å². The maximum atomic E-state index is 9.39. The molecule has 2 aromatic rings. The Morgan fingerprint density at radius 1 is 1.17 bits per heavy atom. The molecule has 18 heavy (non-hydrogen) atoms. The number of phenolic OH excluding ortho intramolecular Hbond substituents is 1. The second kappa shape index (κ2) is 5.32. The van der Waals surface area contributed by atoms with Crippen LogP contribution in [-0.2, 0) is 6.54 Å². The largest absolute Gasteiger partial charge is 0.506 e. The number of aromatic hydroxyl groups is 1. The molecule has 1 N–H and O–H groups in total. The molecule has 0 radical (unpaired) electrons. The SMILES string of the molecule is Cc1cccc(N(C)Cc2ccc(O)c(Cl)c2)c1. The molecule has 2 aromatic carbocycles. The molecule has 0 atom stereocenters. The molecule has 0 saturated heterocycles. The van der Waals surface area contributed by atoms with Crippen molar-refractivity contribution in [3.05, 3.63) is 58.6 Å². The van der Waals surface area contributed by atoms with Gasteiger partial charge in [-0.05, 0) is 42.3 Å². The summed E-state index contributed by atoms with van der Waals surface area (Å²) in [6.45, 7) is 2.83. The van der Waals surface area contributed by atoms with Crippen LogP contribution in [0.2, 0.25) is 5.02 Å². The van der Waals surface area contributed by atoms with Crippen LogP contribution in [0.25, 0.3) is 0 Å². The van der Waals surface area contributed by atoms with Crippen LogP contribution in [-0.4, -0.2) is 12.2 Å². The maximum Gasteiger partial charge on any atom is 0.134 e. The van der Waals surface area contributed by atoms with Crippen LogP contribution in [0, 0.1) is 6.92 Å². The number of hydrogen-bond donors (Lipinski definition) is 1. The Hall–Kier alpha value is -1.67. The highest BCUT2D eigenvalue weighted by Gasteiger charge is 2.04. The van der Waals surface area contributed by atoms with E-state index in [-0.39, 0.29) is 5.75 Å². The Morgan fingerprint density at radius 2 is 1.94 bits per heavy atom. The minimum absolute atomic E-state index is 0.124. The zero-order chi connectivity index (χ0) is 13.1. The highest BCUT2D eigenvalue weighted by atomic mass is 35.5. The van der Waals surface area contributed by atoms with Crippen molar-refractivity contribution < 1.29 is 5.11 Å². The average molecular weight is 262 g/mol. The fourth-order valence-electron chi connectivity index (χ4n) is 1.88. The van der Waals surface area contributed by atoms with E-state index in [1.54, 1.807) is 12.1 Å². The summed E-state index contributed by atoms with van der Waals surface area (Å²) in [5.41, 5.74) is 3.48. The molecule has 0 amide bonds. The van der Waals surface area contributed by atoms with Gasteiger partial charge in [-0.3, -0.25) is 0 Å². The summed E-state index contributed by atoms with van der Waals surface area (Å²) in [7, 11) is 2.04. The first kappa shape index (κ1) is 12.8. The Kier molecular flexibility index (Phi) is 3.78. The van der Waals surface area contributed by atoms with Gasteiger partial charge in [0, 0.05) is 19.3 Å². The molecule has 0 saturated carbocycles. The molecule has 0 aliphatic rings. The lowest BCUT2D eigenvalue weighted by Crippen LogP contribution is -2.16. The van der Waals surface area contributed by atoms with Crippen LogP contribution in [0.4, 0.5) is 5.69 Å². The van der Waals surface area contributed by atoms with Crippen molar-refractivity contribution in [2.75, 3.05) is 11.9 Å². The predicted molar refractivity (Wildman–Crippen MR) is 76.4 cm³/mol. The summed E-state index contributed by atoms with van der Waals surface area (Å²) in [5, 5.41) is 9.78. The molecule has 0 aliphatic heterocycles. The molecule has 0 aliphatic carbocycles. The van der Waals surface area contributed by atoms with Crippen LogP contribution in [0.5, 0.6) is 5.75 Å². The van der Waals surface area contributed by atoms with Gasteiger partial charge in [0.25, 0.3) is 0 Å². The van der Waals surface area contributed by atoms with Crippen LogP contribution in [0.15, 0.2) is 42.5 Å². The first-order valence-corrected chi connectivity index (χ1v) is 6.19. The minimum Gasteiger partial charge on any atom is -0.506 e. The van der Waals surface area contributed by atoms with E-state index in [4.69, 9.17) is 11.6 Å². The first-order valence-electron chi connectivity index (χ1n) is 5.81. The molecule has 0 spiro atoms. The predicted octanol–water partition coefficient (Wildman–Crippen LogP) is 3.99. The third-order valence-corrected chi connectivity index (χ3v) is 3.18. The lowest BCUT2D eigenvalue weighted by atomic mass is 10.1. The summed E-state index contributed by atoms with van der Waals surface area (Å²) in [4.78, 5) is 2.15. The van der Waals surface area contributed by atoms with Gasteiger partial charge in [-0.1, -0.05) is 29.8 Å². The molecule has 94 valence electrons. The standard InChI is InChI=1S/C15H16ClNO/c1-11-4-3-5-13(8-11)17(2)10-12-6-7-15(18)14(16)9-12/h3-9,18H,10H2,1-2H3. The topological polar surface area (TPSA) is 23.5 Å². The van der Waals surface area contributed by atoms with E-state index in [2.05, 4.69) is 30.0 Å². The summed E-state index contributed by atoms with van der Waals surface area (Å²) in [6.07, 6.45) is 0. The van der Waals surface area contributed by atoms with Crippen LogP contribution < -0.4 is 4.90 Å². The van der Waals surface area contributed by atoms with Gasteiger partial charge < -0.3 is 10.0 Å². The van der Waals surface area contributed by atoms with E-state index in [1.807, 2.05) is 19.2 Å². The second-order valence-electron chi connectivity index (χ2n) is 4.48. The third-order valence-electron chi connectivity index (χ3n) is 2.87. The summed E-state index contributed by atoms with van der Waals surface area (Å²) >= 11 is 5.90. The van der Waals surface area contributed by atoms with Gasteiger partial charge in [0.05, 0.1) is 5.02 Å². The zero-order valence-corrected chi connectivity index (χ0v) is 11.3. The number of nitrogens with zero attached hydrogens (tertiary/aromatic N) is 1. The number of halogens is 1. The van der Waals surface area contributed by atoms with E-state index < -0.39 is 0 Å². The van der Waals surface area contributed by atoms with Gasteiger partial charge in [0.1, 0.15) is 5.75 Å². The Bertz CT molecular complexity index is 554. The summed E-state index contributed by atoms with van der Waals surface area (Å²) < 4.78 is 0. The summed E-state index contributed by atoms with van der Waals surface area (Å²) in [6, 6.07) is 13.6. The zero-order valence-electron chi connectivity index (χ0n) is 10.5. The molecule has 0 bridgehead atoms. The van der Waals surface area contributed by atoms with E-state index in [0.717, 1.165) is 12.1 Å². The molecule has 0 fully saturated rings. The quantitative estimate of drug-likeness (QED) is 0.903. The molecule has 0 heterocycles. The molecule has 0 unspecified atom stereocenters.